The summed E-state index contributed by atoms with van der Waals surface area (Å²) in [5.41, 5.74) is 3.22. The van der Waals surface area contributed by atoms with Crippen molar-refractivity contribution in [2.45, 2.75) is 0 Å². The third-order valence-corrected chi connectivity index (χ3v) is 1.64. The van der Waals surface area contributed by atoms with Gasteiger partial charge in [-0.2, -0.15) is 0 Å². The van der Waals surface area contributed by atoms with Gasteiger partial charge in [-0.1, -0.05) is 18.2 Å². The van der Waals surface area contributed by atoms with Crippen LogP contribution in [0, 0.1) is 0 Å². The lowest BCUT2D eigenvalue weighted by Gasteiger charge is -2.12. The summed E-state index contributed by atoms with van der Waals surface area (Å²) in [6.45, 7) is 0.0354. The lowest BCUT2D eigenvalue weighted by Crippen LogP contribution is -2.32. The van der Waals surface area contributed by atoms with E-state index in [0.29, 0.717) is 5.90 Å². The highest BCUT2D eigenvalue weighted by Gasteiger charge is 2.12. The van der Waals surface area contributed by atoms with Crippen molar-refractivity contribution in [3.05, 3.63) is 35.9 Å². The molecule has 0 radical (unpaired) electrons. The molecule has 1 amide bonds. The van der Waals surface area contributed by atoms with E-state index < -0.39 is 0 Å². The highest BCUT2D eigenvalue weighted by Crippen LogP contribution is 2.03. The first kappa shape index (κ1) is 7.79. The molecule has 1 aromatic rings. The van der Waals surface area contributed by atoms with Crippen LogP contribution in [0.4, 0.5) is 0 Å². The number of rotatable bonds is 1. The summed E-state index contributed by atoms with van der Waals surface area (Å²) in [6, 6.07) is 9.42. The zero-order chi connectivity index (χ0) is 9.10. The highest BCUT2D eigenvalue weighted by molar-refractivity contribution is 5.97. The molecule has 4 nitrogen and oxygen atoms in total. The van der Waals surface area contributed by atoms with Crippen LogP contribution in [0.5, 0.6) is 0 Å². The van der Waals surface area contributed by atoms with E-state index in [9.17, 15) is 4.79 Å². The molecule has 0 bridgehead atoms. The summed E-state index contributed by atoms with van der Waals surface area (Å²) in [5, 5.41) is 3.78. The first-order chi connectivity index (χ1) is 6.36. The van der Waals surface area contributed by atoms with Crippen molar-refractivity contribution < 1.29 is 9.53 Å². The molecule has 66 valence electrons. The van der Waals surface area contributed by atoms with Crippen LogP contribution in [0.2, 0.25) is 0 Å². The Hall–Kier alpha value is -1.84. The number of hydrogen-bond acceptors (Lipinski definition) is 3. The number of carbonyl (C=O) groups is 1. The van der Waals surface area contributed by atoms with E-state index in [4.69, 9.17) is 4.74 Å². The fourth-order valence-corrected chi connectivity index (χ4v) is 1.04. The average molecular weight is 176 g/mol. The fourth-order valence-electron chi connectivity index (χ4n) is 1.04. The third kappa shape index (κ3) is 1.66. The largest absolute Gasteiger partial charge is 0.466 e. The lowest BCUT2D eigenvalue weighted by atomic mass is 10.2. The second-order valence-corrected chi connectivity index (χ2v) is 2.61. The van der Waals surface area contributed by atoms with Crippen molar-refractivity contribution in [1.82, 2.24) is 5.43 Å². The van der Waals surface area contributed by atoms with Crippen molar-refractivity contribution in [3.63, 3.8) is 0 Å². The van der Waals surface area contributed by atoms with Crippen LogP contribution in [0.15, 0.2) is 35.4 Å². The number of amides is 1. The maximum Gasteiger partial charge on any atom is 0.278 e. The van der Waals surface area contributed by atoms with Crippen LogP contribution in [0.3, 0.4) is 0 Å². The molecular weight excluding hydrogens is 168 g/mol. The molecule has 2 rings (SSSR count). The molecule has 0 fully saturated rings. The first-order valence-electron chi connectivity index (χ1n) is 3.91. The quantitative estimate of drug-likeness (QED) is 0.677. The van der Waals surface area contributed by atoms with Gasteiger partial charge in [0.05, 0.1) is 0 Å². The molecule has 0 spiro atoms. The molecule has 4 heteroatoms. The van der Waals surface area contributed by atoms with Gasteiger partial charge in [-0.3, -0.25) is 4.79 Å². The normalized spacial score (nSPS) is 15.7. The minimum Gasteiger partial charge on any atom is -0.466 e. The van der Waals surface area contributed by atoms with Gasteiger partial charge in [0.25, 0.3) is 5.91 Å². The van der Waals surface area contributed by atoms with Crippen LogP contribution in [-0.2, 0) is 9.53 Å². The summed E-state index contributed by atoms with van der Waals surface area (Å²) in [4.78, 5) is 10.7. The predicted molar refractivity (Wildman–Crippen MR) is 47.1 cm³/mol. The van der Waals surface area contributed by atoms with E-state index in [2.05, 4.69) is 10.5 Å². The minimum atomic E-state index is -0.223. The highest BCUT2D eigenvalue weighted by atomic mass is 16.5. The number of benzene rings is 1. The molecular formula is C9H8N2O2. The van der Waals surface area contributed by atoms with Crippen LogP contribution in [-0.4, -0.2) is 18.4 Å². The third-order valence-electron chi connectivity index (χ3n) is 1.64. The van der Waals surface area contributed by atoms with Crippen LogP contribution in [0.1, 0.15) is 5.56 Å². The fraction of sp³-hybridized carbons (Fsp3) is 0.111. The second-order valence-electron chi connectivity index (χ2n) is 2.61. The predicted octanol–water partition coefficient (Wildman–Crippen LogP) is 0.495. The van der Waals surface area contributed by atoms with E-state index in [0.717, 1.165) is 5.56 Å². The number of ether oxygens (including phenoxy) is 1. The molecule has 1 N–H and O–H groups in total. The van der Waals surface area contributed by atoms with E-state index in [1.54, 1.807) is 0 Å². The number of carbonyl (C=O) groups excluding carboxylic acids is 1. The summed E-state index contributed by atoms with van der Waals surface area (Å²) >= 11 is 0. The Morgan fingerprint density at radius 2 is 2.08 bits per heavy atom. The van der Waals surface area contributed by atoms with E-state index in [1.807, 2.05) is 30.3 Å². The number of hydrogen-bond donors (Lipinski definition) is 1. The van der Waals surface area contributed by atoms with Gasteiger partial charge < -0.3 is 4.74 Å². The Bertz CT molecular complexity index is 346. The van der Waals surface area contributed by atoms with Crippen molar-refractivity contribution in [2.24, 2.45) is 5.10 Å². The molecule has 1 aliphatic rings. The van der Waals surface area contributed by atoms with E-state index in [1.165, 1.54) is 0 Å². The van der Waals surface area contributed by atoms with Crippen LogP contribution in [0.25, 0.3) is 0 Å². The van der Waals surface area contributed by atoms with Gasteiger partial charge in [-0.25, -0.2) is 5.43 Å². The number of nitrogens with zero attached hydrogens (tertiary/aromatic N) is 1. The zero-order valence-corrected chi connectivity index (χ0v) is 6.86. The van der Waals surface area contributed by atoms with E-state index >= 15 is 0 Å². The number of nitrogens with one attached hydrogen (secondary N) is 1. The van der Waals surface area contributed by atoms with Gasteiger partial charge in [0.1, 0.15) is 0 Å². The molecule has 0 unspecified atom stereocenters. The van der Waals surface area contributed by atoms with Gasteiger partial charge in [0.2, 0.25) is 5.90 Å². The smallest absolute Gasteiger partial charge is 0.278 e. The molecule has 0 saturated heterocycles. The van der Waals surface area contributed by atoms with Crippen molar-refractivity contribution >= 4 is 11.8 Å². The van der Waals surface area contributed by atoms with E-state index in [-0.39, 0.29) is 12.5 Å². The molecule has 13 heavy (non-hydrogen) atoms. The Labute approximate surface area is 75.2 Å². The summed E-state index contributed by atoms with van der Waals surface area (Å²) in [7, 11) is 0. The van der Waals surface area contributed by atoms with Crippen LogP contribution >= 0.6 is 0 Å². The molecule has 0 atom stereocenters. The monoisotopic (exact) mass is 176 g/mol. The Kier molecular flexibility index (Phi) is 1.96. The van der Waals surface area contributed by atoms with Crippen molar-refractivity contribution in [1.29, 1.82) is 0 Å². The van der Waals surface area contributed by atoms with Gasteiger partial charge >= 0.3 is 0 Å². The summed E-state index contributed by atoms with van der Waals surface area (Å²) < 4.78 is 5.11. The summed E-state index contributed by atoms with van der Waals surface area (Å²) in [5.74, 6) is 0.236. The number of hydrazone groups is 1. The van der Waals surface area contributed by atoms with Gasteiger partial charge in [0.15, 0.2) is 6.61 Å². The molecule has 1 heterocycles. The van der Waals surface area contributed by atoms with Crippen molar-refractivity contribution in [3.8, 4) is 0 Å². The topological polar surface area (TPSA) is 50.7 Å². The molecule has 0 aliphatic carbocycles. The van der Waals surface area contributed by atoms with Crippen LogP contribution < -0.4 is 5.43 Å². The molecule has 1 aromatic carbocycles. The van der Waals surface area contributed by atoms with Gasteiger partial charge in [-0.05, 0) is 12.1 Å². The zero-order valence-electron chi connectivity index (χ0n) is 6.86. The Morgan fingerprint density at radius 3 is 2.69 bits per heavy atom. The molecule has 0 saturated carbocycles. The average Bonchev–Trinajstić information content (AvgIpc) is 2.20. The summed E-state index contributed by atoms with van der Waals surface area (Å²) in [6.07, 6.45) is 0. The molecule has 0 aromatic heterocycles. The van der Waals surface area contributed by atoms with Crippen molar-refractivity contribution in [2.75, 3.05) is 6.61 Å². The Balaban J connectivity index is 2.23. The second kappa shape index (κ2) is 3.26. The maximum absolute atomic E-state index is 10.7. The maximum atomic E-state index is 10.7. The van der Waals surface area contributed by atoms with Gasteiger partial charge in [0, 0.05) is 5.56 Å². The standard InChI is InChI=1S/C9H8N2O2/c12-8-6-13-9(11-10-8)7-4-2-1-3-5-7/h1-5H,6H2,(H,10,12). The first-order valence-corrected chi connectivity index (χ1v) is 3.91. The lowest BCUT2D eigenvalue weighted by molar-refractivity contribution is -0.124. The SMILES string of the molecule is O=C1COC(c2ccccc2)=NN1. The Morgan fingerprint density at radius 1 is 1.31 bits per heavy atom. The molecule has 1 aliphatic heterocycles. The minimum absolute atomic E-state index is 0.0354. The van der Waals surface area contributed by atoms with Gasteiger partial charge in [-0.15, -0.1) is 5.10 Å².